The van der Waals surface area contributed by atoms with Gasteiger partial charge in [-0.25, -0.2) is 0 Å². The molecule has 0 saturated carbocycles. The molecule has 1 atom stereocenters. The minimum atomic E-state index is -0.830. The van der Waals surface area contributed by atoms with Gasteiger partial charge in [-0.2, -0.15) is 0 Å². The molecule has 0 aromatic heterocycles. The Balaban J connectivity index is 0.00000576. The van der Waals surface area contributed by atoms with Gasteiger partial charge in [0.15, 0.2) is 0 Å². The molecule has 8 nitrogen and oxygen atoms in total. The van der Waals surface area contributed by atoms with E-state index >= 15 is 0 Å². The molecular formula is C16H24ClN3O5. The van der Waals surface area contributed by atoms with Crippen LogP contribution in [-0.2, 0) is 14.3 Å². The summed E-state index contributed by atoms with van der Waals surface area (Å²) < 4.78 is 5.09. The van der Waals surface area contributed by atoms with Crippen molar-refractivity contribution in [1.82, 2.24) is 5.32 Å². The third kappa shape index (κ3) is 7.95. The Labute approximate surface area is 152 Å². The lowest BCUT2D eigenvalue weighted by Crippen LogP contribution is -2.31. The summed E-state index contributed by atoms with van der Waals surface area (Å²) >= 11 is 0. The molecule has 0 aliphatic carbocycles. The van der Waals surface area contributed by atoms with Gasteiger partial charge in [-0.3, -0.25) is 19.7 Å². The highest BCUT2D eigenvalue weighted by atomic mass is 35.5. The number of amides is 1. The van der Waals surface area contributed by atoms with Gasteiger partial charge >= 0.3 is 5.97 Å². The number of nitro groups is 1. The highest BCUT2D eigenvalue weighted by Crippen LogP contribution is 2.27. The summed E-state index contributed by atoms with van der Waals surface area (Å²) in [7, 11) is 0. The lowest BCUT2D eigenvalue weighted by molar-refractivity contribution is -0.385. The van der Waals surface area contributed by atoms with Gasteiger partial charge in [0.1, 0.15) is 0 Å². The number of halogens is 1. The molecule has 3 N–H and O–H groups in total. The molecule has 0 aliphatic heterocycles. The van der Waals surface area contributed by atoms with E-state index in [4.69, 9.17) is 10.5 Å². The topological polar surface area (TPSA) is 125 Å². The second kappa shape index (κ2) is 11.4. The number of hydrogen-bond donors (Lipinski definition) is 2. The van der Waals surface area contributed by atoms with E-state index in [2.05, 4.69) is 5.32 Å². The van der Waals surface area contributed by atoms with E-state index in [1.165, 1.54) is 18.2 Å². The number of carbonyl (C=O) groups is 2. The summed E-state index contributed by atoms with van der Waals surface area (Å²) in [6.07, 6.45) is 0.188. The molecule has 140 valence electrons. The van der Waals surface area contributed by atoms with Crippen LogP contribution in [0.4, 0.5) is 5.69 Å². The van der Waals surface area contributed by atoms with Crippen LogP contribution in [0, 0.1) is 10.1 Å². The van der Waals surface area contributed by atoms with E-state index in [1.807, 2.05) is 0 Å². The predicted octanol–water partition coefficient (Wildman–Crippen LogP) is 2.25. The quantitative estimate of drug-likeness (QED) is 0.388. The van der Waals surface area contributed by atoms with Crippen LogP contribution in [0.2, 0.25) is 0 Å². The van der Waals surface area contributed by atoms with Crippen molar-refractivity contribution in [3.8, 4) is 0 Å². The van der Waals surface area contributed by atoms with Crippen molar-refractivity contribution in [2.45, 2.75) is 45.3 Å². The van der Waals surface area contributed by atoms with Crippen LogP contribution in [0.3, 0.4) is 0 Å². The number of nitrogens with zero attached hydrogens (tertiary/aromatic N) is 1. The number of nitrogens with one attached hydrogen (secondary N) is 1. The number of nitrogens with two attached hydrogens (primary N) is 1. The van der Waals surface area contributed by atoms with Gasteiger partial charge in [0.2, 0.25) is 5.91 Å². The van der Waals surface area contributed by atoms with Crippen molar-refractivity contribution in [3.63, 3.8) is 0 Å². The highest BCUT2D eigenvalue weighted by Gasteiger charge is 2.26. The number of para-hydroxylation sites is 1. The van der Waals surface area contributed by atoms with E-state index in [9.17, 15) is 19.7 Å². The first-order valence-corrected chi connectivity index (χ1v) is 7.77. The average molecular weight is 374 g/mol. The molecule has 0 bridgehead atoms. The maximum atomic E-state index is 12.0. The van der Waals surface area contributed by atoms with Crippen LogP contribution in [0.5, 0.6) is 0 Å². The van der Waals surface area contributed by atoms with Crippen LogP contribution in [-0.4, -0.2) is 29.4 Å². The Morgan fingerprint density at radius 2 is 1.96 bits per heavy atom. The van der Waals surface area contributed by atoms with E-state index in [0.29, 0.717) is 13.0 Å². The Morgan fingerprint density at radius 3 is 2.52 bits per heavy atom. The largest absolute Gasteiger partial charge is 0.463 e. The Bertz CT molecular complexity index is 595. The molecule has 0 spiro atoms. The van der Waals surface area contributed by atoms with E-state index < -0.39 is 16.9 Å². The van der Waals surface area contributed by atoms with Crippen molar-refractivity contribution < 1.29 is 19.2 Å². The lowest BCUT2D eigenvalue weighted by atomic mass is 10.0. The molecule has 0 aliphatic rings. The fourth-order valence-electron chi connectivity index (χ4n) is 2.19. The molecule has 0 fully saturated rings. The number of benzene rings is 1. The molecule has 1 aromatic rings. The zero-order valence-electron chi connectivity index (χ0n) is 14.3. The third-order valence-corrected chi connectivity index (χ3v) is 3.19. The number of hydrogen-bond acceptors (Lipinski definition) is 6. The van der Waals surface area contributed by atoms with Crippen LogP contribution in [0.25, 0.3) is 0 Å². The number of nitro benzene ring substituents is 1. The molecule has 0 heterocycles. The second-order valence-corrected chi connectivity index (χ2v) is 5.57. The molecular weight excluding hydrogens is 350 g/mol. The summed E-state index contributed by atoms with van der Waals surface area (Å²) in [6.45, 7) is 3.77. The standard InChI is InChI=1S/C16H23N3O5.ClH/c1-11(2)24-16(21)10-13(18-15(20)8-5-9-17)12-6-3-4-7-14(12)19(22)23;/h3-4,6-7,11,13H,5,8-10,17H2,1-2H3,(H,18,20);1H. The Kier molecular flexibility index (Phi) is 10.4. The SMILES string of the molecule is CC(C)OC(=O)CC(NC(=O)CCCN)c1ccccc1[N+](=O)[O-].Cl. The minimum Gasteiger partial charge on any atom is -0.463 e. The van der Waals surface area contributed by atoms with Gasteiger partial charge < -0.3 is 15.8 Å². The molecule has 9 heteroatoms. The maximum Gasteiger partial charge on any atom is 0.308 e. The minimum absolute atomic E-state index is 0. The van der Waals surface area contributed by atoms with Crippen molar-refractivity contribution in [1.29, 1.82) is 0 Å². The van der Waals surface area contributed by atoms with Gasteiger partial charge in [0.25, 0.3) is 5.69 Å². The zero-order chi connectivity index (χ0) is 18.1. The van der Waals surface area contributed by atoms with Crippen molar-refractivity contribution in [2.75, 3.05) is 6.54 Å². The van der Waals surface area contributed by atoms with Gasteiger partial charge in [-0.1, -0.05) is 18.2 Å². The summed E-state index contributed by atoms with van der Waals surface area (Å²) in [5, 5.41) is 13.9. The zero-order valence-corrected chi connectivity index (χ0v) is 15.1. The lowest BCUT2D eigenvalue weighted by Gasteiger charge is -2.19. The van der Waals surface area contributed by atoms with E-state index in [0.717, 1.165) is 0 Å². The van der Waals surface area contributed by atoms with Crippen LogP contribution >= 0.6 is 12.4 Å². The normalized spacial score (nSPS) is 11.4. The first-order valence-electron chi connectivity index (χ1n) is 7.77. The Hall–Kier alpha value is -2.19. The average Bonchev–Trinajstić information content (AvgIpc) is 2.51. The molecule has 25 heavy (non-hydrogen) atoms. The first kappa shape index (κ1) is 22.8. The summed E-state index contributed by atoms with van der Waals surface area (Å²) in [4.78, 5) is 34.6. The van der Waals surface area contributed by atoms with Crippen LogP contribution in [0.15, 0.2) is 24.3 Å². The summed E-state index contributed by atoms with van der Waals surface area (Å²) in [5.74, 6) is -0.853. The molecule has 1 amide bonds. The number of carbonyl (C=O) groups excluding carboxylic acids is 2. The monoisotopic (exact) mass is 373 g/mol. The highest BCUT2D eigenvalue weighted by molar-refractivity contribution is 5.85. The third-order valence-electron chi connectivity index (χ3n) is 3.19. The fraction of sp³-hybridized carbons (Fsp3) is 0.500. The number of rotatable bonds is 9. The summed E-state index contributed by atoms with van der Waals surface area (Å²) in [6, 6.07) is 5.18. The second-order valence-electron chi connectivity index (χ2n) is 5.57. The number of ether oxygens (including phenoxy) is 1. The fourth-order valence-corrected chi connectivity index (χ4v) is 2.19. The van der Waals surface area contributed by atoms with E-state index in [1.54, 1.807) is 19.9 Å². The molecule has 0 radical (unpaired) electrons. The van der Waals surface area contributed by atoms with Crippen LogP contribution < -0.4 is 11.1 Å². The van der Waals surface area contributed by atoms with Gasteiger partial charge in [-0.05, 0) is 26.8 Å². The Morgan fingerprint density at radius 1 is 1.32 bits per heavy atom. The van der Waals surface area contributed by atoms with Crippen LogP contribution in [0.1, 0.15) is 44.7 Å². The molecule has 0 saturated heterocycles. The first-order chi connectivity index (χ1) is 11.3. The number of esters is 1. The van der Waals surface area contributed by atoms with Crippen molar-refractivity contribution in [3.05, 3.63) is 39.9 Å². The molecule has 1 unspecified atom stereocenters. The van der Waals surface area contributed by atoms with Gasteiger partial charge in [0, 0.05) is 12.5 Å². The van der Waals surface area contributed by atoms with Gasteiger partial charge in [-0.15, -0.1) is 12.4 Å². The maximum absolute atomic E-state index is 12.0. The van der Waals surface area contributed by atoms with Gasteiger partial charge in [0.05, 0.1) is 29.1 Å². The van der Waals surface area contributed by atoms with Crippen molar-refractivity contribution in [2.24, 2.45) is 5.73 Å². The van der Waals surface area contributed by atoms with E-state index in [-0.39, 0.29) is 48.5 Å². The molecule has 1 rings (SSSR count). The predicted molar refractivity (Wildman–Crippen MR) is 95.4 cm³/mol. The van der Waals surface area contributed by atoms with Crippen molar-refractivity contribution >= 4 is 30.0 Å². The molecule has 1 aromatic carbocycles. The summed E-state index contributed by atoms with van der Waals surface area (Å²) in [5.41, 5.74) is 5.49. The smallest absolute Gasteiger partial charge is 0.308 e.